The van der Waals surface area contributed by atoms with Crippen LogP contribution >= 0.6 is 22.9 Å². The smallest absolute Gasteiger partial charge is 0.339 e. The van der Waals surface area contributed by atoms with E-state index >= 15 is 0 Å². The third kappa shape index (κ3) is 4.69. The zero-order valence-corrected chi connectivity index (χ0v) is 16.7. The van der Waals surface area contributed by atoms with Crippen LogP contribution in [0.2, 0.25) is 5.02 Å². The van der Waals surface area contributed by atoms with E-state index in [0.717, 1.165) is 22.6 Å². The second-order valence-corrected chi connectivity index (χ2v) is 7.48. The molecule has 30 heavy (non-hydrogen) atoms. The Morgan fingerprint density at radius 2 is 1.80 bits per heavy atom. The van der Waals surface area contributed by atoms with Gasteiger partial charge in [-0.25, -0.2) is 9.97 Å². The summed E-state index contributed by atoms with van der Waals surface area (Å²) in [5, 5.41) is 7.91. The van der Waals surface area contributed by atoms with E-state index in [1.54, 1.807) is 23.6 Å². The normalized spacial score (nSPS) is 11.3. The number of anilines is 4. The summed E-state index contributed by atoms with van der Waals surface area (Å²) >= 11 is 7.72. The Morgan fingerprint density at radius 1 is 0.933 bits per heavy atom. The lowest BCUT2D eigenvalue weighted by Crippen LogP contribution is -2.06. The van der Waals surface area contributed by atoms with Gasteiger partial charge in [0.25, 0.3) is 0 Å². The van der Waals surface area contributed by atoms with Crippen molar-refractivity contribution < 1.29 is 13.2 Å². The summed E-state index contributed by atoms with van der Waals surface area (Å²) in [4.78, 5) is 13.8. The number of nitrogens with one attached hydrogen (secondary N) is 2. The van der Waals surface area contributed by atoms with Gasteiger partial charge in [0.05, 0.1) is 11.8 Å². The highest BCUT2D eigenvalue weighted by Gasteiger charge is 2.30. The molecule has 0 atom stereocenters. The van der Waals surface area contributed by atoms with Crippen LogP contribution in [0.1, 0.15) is 5.56 Å². The van der Waals surface area contributed by atoms with E-state index in [4.69, 9.17) is 11.6 Å². The third-order valence-electron chi connectivity index (χ3n) is 4.01. The lowest BCUT2D eigenvalue weighted by atomic mass is 10.2. The molecule has 0 amide bonds. The van der Waals surface area contributed by atoms with Crippen LogP contribution in [0.25, 0.3) is 10.4 Å². The summed E-state index contributed by atoms with van der Waals surface area (Å²) in [5.74, 6) is 0.886. The summed E-state index contributed by atoms with van der Waals surface area (Å²) in [6.07, 6.45) is -1.36. The van der Waals surface area contributed by atoms with Gasteiger partial charge in [-0.2, -0.15) is 18.2 Å². The molecule has 1 aromatic carbocycles. The Labute approximate surface area is 178 Å². The van der Waals surface area contributed by atoms with Crippen molar-refractivity contribution in [3.05, 3.63) is 76.9 Å². The van der Waals surface area contributed by atoms with Gasteiger partial charge in [0.15, 0.2) is 5.82 Å². The van der Waals surface area contributed by atoms with Crippen molar-refractivity contribution in [2.45, 2.75) is 6.18 Å². The molecule has 0 fully saturated rings. The first kappa shape index (κ1) is 20.1. The predicted molar refractivity (Wildman–Crippen MR) is 113 cm³/mol. The molecule has 0 saturated heterocycles. The van der Waals surface area contributed by atoms with Crippen molar-refractivity contribution in [1.29, 1.82) is 0 Å². The summed E-state index contributed by atoms with van der Waals surface area (Å²) in [7, 11) is 0. The van der Waals surface area contributed by atoms with Gasteiger partial charge < -0.3 is 10.6 Å². The second kappa shape index (κ2) is 8.29. The first-order valence-corrected chi connectivity index (χ1v) is 9.88. The molecule has 5 nitrogen and oxygen atoms in total. The number of rotatable bonds is 5. The molecule has 0 radical (unpaired) electrons. The van der Waals surface area contributed by atoms with Gasteiger partial charge in [-0.05, 0) is 41.8 Å². The SMILES string of the molecule is FC(F)(F)c1cccc(Nc2nc(Nc3ccc(-c4cccs4)cn3)ncc2Cl)c1. The molecule has 152 valence electrons. The van der Waals surface area contributed by atoms with Crippen molar-refractivity contribution in [2.24, 2.45) is 0 Å². The van der Waals surface area contributed by atoms with Crippen molar-refractivity contribution in [3.8, 4) is 10.4 Å². The van der Waals surface area contributed by atoms with Crippen LogP contribution in [0.15, 0.2) is 66.3 Å². The highest BCUT2D eigenvalue weighted by atomic mass is 35.5. The number of thiophene rings is 1. The molecule has 10 heteroatoms. The van der Waals surface area contributed by atoms with E-state index in [2.05, 4.69) is 25.6 Å². The van der Waals surface area contributed by atoms with Gasteiger partial charge in [-0.15, -0.1) is 11.3 Å². The molecule has 2 N–H and O–H groups in total. The molecular formula is C20H13ClF3N5S. The summed E-state index contributed by atoms with van der Waals surface area (Å²) < 4.78 is 38.7. The molecule has 0 spiro atoms. The Hall–Kier alpha value is -3.17. The molecule has 3 aromatic heterocycles. The molecule has 0 bridgehead atoms. The number of aromatic nitrogens is 3. The summed E-state index contributed by atoms with van der Waals surface area (Å²) in [5.41, 5.74) is 0.417. The van der Waals surface area contributed by atoms with Gasteiger partial charge in [0, 0.05) is 22.3 Å². The minimum absolute atomic E-state index is 0.166. The average molecular weight is 448 g/mol. The summed E-state index contributed by atoms with van der Waals surface area (Å²) in [6.45, 7) is 0. The molecule has 0 aliphatic rings. The first-order valence-electron chi connectivity index (χ1n) is 8.62. The molecule has 0 unspecified atom stereocenters. The average Bonchev–Trinajstić information content (AvgIpc) is 3.26. The van der Waals surface area contributed by atoms with Crippen molar-refractivity contribution >= 4 is 46.2 Å². The van der Waals surface area contributed by atoms with Crippen LogP contribution in [0.5, 0.6) is 0 Å². The van der Waals surface area contributed by atoms with E-state index in [1.807, 2.05) is 23.6 Å². The predicted octanol–water partition coefficient (Wildman–Crippen LogP) is 6.76. The van der Waals surface area contributed by atoms with E-state index < -0.39 is 11.7 Å². The summed E-state index contributed by atoms with van der Waals surface area (Å²) in [6, 6.07) is 12.4. The standard InChI is InChI=1S/C20H13ClF3N5S/c21-15-11-26-19(28-17-7-6-12(10-25-17)16-5-2-8-30-16)29-18(15)27-14-4-1-3-13(9-14)20(22,23)24/h1-11H,(H2,25,26,27,28,29). The van der Waals surface area contributed by atoms with Gasteiger partial charge in [-0.3, -0.25) is 0 Å². The Bertz CT molecular complexity index is 1150. The maximum atomic E-state index is 12.9. The minimum atomic E-state index is -4.44. The quantitative estimate of drug-likeness (QED) is 0.354. The molecule has 0 aliphatic carbocycles. The molecule has 0 aliphatic heterocycles. The minimum Gasteiger partial charge on any atom is -0.339 e. The van der Waals surface area contributed by atoms with E-state index in [1.165, 1.54) is 18.3 Å². The van der Waals surface area contributed by atoms with Crippen molar-refractivity contribution in [1.82, 2.24) is 15.0 Å². The van der Waals surface area contributed by atoms with Crippen LogP contribution < -0.4 is 10.6 Å². The number of alkyl halides is 3. The van der Waals surface area contributed by atoms with Gasteiger partial charge in [0.1, 0.15) is 10.8 Å². The Balaban J connectivity index is 1.52. The number of hydrogen-bond donors (Lipinski definition) is 2. The number of pyridine rings is 1. The largest absolute Gasteiger partial charge is 0.416 e. The molecular weight excluding hydrogens is 435 g/mol. The van der Waals surface area contributed by atoms with Crippen molar-refractivity contribution in [2.75, 3.05) is 10.6 Å². The zero-order valence-electron chi connectivity index (χ0n) is 15.1. The van der Waals surface area contributed by atoms with E-state index in [9.17, 15) is 13.2 Å². The van der Waals surface area contributed by atoms with Crippen LogP contribution in [0.4, 0.5) is 36.4 Å². The van der Waals surface area contributed by atoms with Crippen LogP contribution in [-0.4, -0.2) is 15.0 Å². The lowest BCUT2D eigenvalue weighted by molar-refractivity contribution is -0.137. The van der Waals surface area contributed by atoms with Gasteiger partial charge in [0.2, 0.25) is 5.95 Å². The maximum Gasteiger partial charge on any atom is 0.416 e. The van der Waals surface area contributed by atoms with Gasteiger partial charge >= 0.3 is 6.18 Å². The number of nitrogens with zero attached hydrogens (tertiary/aromatic N) is 3. The number of hydrogen-bond acceptors (Lipinski definition) is 6. The Kier molecular flexibility index (Phi) is 5.56. The highest BCUT2D eigenvalue weighted by molar-refractivity contribution is 7.13. The molecule has 4 aromatic rings. The van der Waals surface area contributed by atoms with Crippen LogP contribution in [0.3, 0.4) is 0 Å². The highest BCUT2D eigenvalue weighted by Crippen LogP contribution is 2.32. The third-order valence-corrected chi connectivity index (χ3v) is 5.20. The molecule has 0 saturated carbocycles. The fourth-order valence-electron chi connectivity index (χ4n) is 2.60. The maximum absolute atomic E-state index is 12.9. The van der Waals surface area contributed by atoms with E-state index in [0.29, 0.717) is 5.82 Å². The van der Waals surface area contributed by atoms with Crippen LogP contribution in [0, 0.1) is 0 Å². The second-order valence-electron chi connectivity index (χ2n) is 6.13. The van der Waals surface area contributed by atoms with Gasteiger partial charge in [-0.1, -0.05) is 23.7 Å². The number of benzene rings is 1. The van der Waals surface area contributed by atoms with Crippen LogP contribution in [-0.2, 0) is 6.18 Å². The topological polar surface area (TPSA) is 62.7 Å². The van der Waals surface area contributed by atoms with Crippen molar-refractivity contribution in [3.63, 3.8) is 0 Å². The molecule has 3 heterocycles. The Morgan fingerprint density at radius 3 is 2.50 bits per heavy atom. The van der Waals surface area contributed by atoms with E-state index in [-0.39, 0.29) is 22.5 Å². The monoisotopic (exact) mass is 447 g/mol. The lowest BCUT2D eigenvalue weighted by Gasteiger charge is -2.12. The molecule has 4 rings (SSSR count). The fraction of sp³-hybridized carbons (Fsp3) is 0.0500. The first-order chi connectivity index (χ1) is 14.4. The number of halogens is 4. The zero-order chi connectivity index (χ0) is 21.1. The fourth-order valence-corrected chi connectivity index (χ4v) is 3.45.